The summed E-state index contributed by atoms with van der Waals surface area (Å²) in [4.78, 5) is 14.0. The first-order valence-electron chi connectivity index (χ1n) is 9.72. The molecule has 0 spiro atoms. The van der Waals surface area contributed by atoms with Gasteiger partial charge in [-0.3, -0.25) is 4.99 Å². The minimum absolute atomic E-state index is 0.284. The van der Waals surface area contributed by atoms with Crippen molar-refractivity contribution in [3.8, 4) is 11.3 Å². The Hall–Kier alpha value is -2.50. The van der Waals surface area contributed by atoms with Crippen molar-refractivity contribution in [3.05, 3.63) is 59.6 Å². The van der Waals surface area contributed by atoms with Gasteiger partial charge in [-0.15, -0.1) is 11.3 Å². The molecule has 5 heteroatoms. The number of thiophene rings is 1. The quantitative estimate of drug-likeness (QED) is 0.538. The minimum atomic E-state index is 0.284. The third-order valence-corrected chi connectivity index (χ3v) is 6.18. The van der Waals surface area contributed by atoms with E-state index >= 15 is 0 Å². The van der Waals surface area contributed by atoms with Gasteiger partial charge in [0.2, 0.25) is 0 Å². The van der Waals surface area contributed by atoms with Crippen LogP contribution in [0.1, 0.15) is 24.6 Å². The van der Waals surface area contributed by atoms with E-state index in [2.05, 4.69) is 59.3 Å². The van der Waals surface area contributed by atoms with Crippen molar-refractivity contribution in [2.24, 2.45) is 4.99 Å². The summed E-state index contributed by atoms with van der Waals surface area (Å²) in [6.07, 6.45) is 5.74. The van der Waals surface area contributed by atoms with Gasteiger partial charge in [0.1, 0.15) is 4.83 Å². The highest BCUT2D eigenvalue weighted by atomic mass is 32.1. The van der Waals surface area contributed by atoms with Crippen molar-refractivity contribution in [3.63, 3.8) is 0 Å². The molecule has 3 heterocycles. The average molecular weight is 392 g/mol. The highest BCUT2D eigenvalue weighted by molar-refractivity contribution is 7.18. The number of rotatable bonds is 5. The fourth-order valence-electron chi connectivity index (χ4n) is 3.33. The number of allylic oxidation sites excluding steroid dienone is 1. The Bertz CT molecular complexity index is 985. The number of hydrogen-bond donors (Lipinski definition) is 0. The molecule has 0 radical (unpaired) electrons. The number of aliphatic imine (C=N–C) groups is 1. The van der Waals surface area contributed by atoms with Crippen LogP contribution in [0.25, 0.3) is 21.5 Å². The lowest BCUT2D eigenvalue weighted by atomic mass is 10.1. The molecule has 3 aromatic rings. The van der Waals surface area contributed by atoms with Crippen molar-refractivity contribution in [1.82, 2.24) is 4.98 Å². The van der Waals surface area contributed by atoms with Crippen LogP contribution in [-0.4, -0.2) is 37.5 Å². The van der Waals surface area contributed by atoms with E-state index in [4.69, 9.17) is 9.72 Å². The molecule has 1 aromatic carbocycles. The Labute approximate surface area is 170 Å². The summed E-state index contributed by atoms with van der Waals surface area (Å²) in [5.74, 6) is 0.284. The van der Waals surface area contributed by atoms with Crippen LogP contribution in [0.2, 0.25) is 0 Å². The van der Waals surface area contributed by atoms with Gasteiger partial charge in [0.15, 0.2) is 0 Å². The highest BCUT2D eigenvalue weighted by Gasteiger charge is 2.12. The van der Waals surface area contributed by atoms with Gasteiger partial charge in [-0.25, -0.2) is 4.98 Å². The minimum Gasteiger partial charge on any atom is -0.378 e. The number of anilines is 1. The smallest absolute Gasteiger partial charge is 0.124 e. The highest BCUT2D eigenvalue weighted by Crippen LogP contribution is 2.31. The molecule has 144 valence electrons. The number of hydrogen-bond acceptors (Lipinski definition) is 5. The van der Waals surface area contributed by atoms with E-state index in [0.717, 1.165) is 42.4 Å². The van der Waals surface area contributed by atoms with Crippen LogP contribution < -0.4 is 4.90 Å². The Morgan fingerprint density at radius 3 is 2.68 bits per heavy atom. The van der Waals surface area contributed by atoms with Crippen LogP contribution in [0, 0.1) is 0 Å². The zero-order valence-corrected chi connectivity index (χ0v) is 17.2. The van der Waals surface area contributed by atoms with Gasteiger partial charge in [-0.05, 0) is 37.3 Å². The Balaban J connectivity index is 1.55. The second-order valence-corrected chi connectivity index (χ2v) is 8.02. The zero-order valence-electron chi connectivity index (χ0n) is 16.3. The van der Waals surface area contributed by atoms with Gasteiger partial charge in [-0.2, -0.15) is 0 Å². The molecule has 1 fully saturated rings. The van der Waals surface area contributed by atoms with E-state index in [1.807, 2.05) is 25.4 Å². The molecule has 0 aliphatic carbocycles. The molecule has 4 rings (SSSR count). The molecule has 0 N–H and O–H groups in total. The topological polar surface area (TPSA) is 37.7 Å². The van der Waals surface area contributed by atoms with E-state index in [0.29, 0.717) is 0 Å². The molecular weight excluding hydrogens is 366 g/mol. The maximum Gasteiger partial charge on any atom is 0.124 e. The van der Waals surface area contributed by atoms with Crippen molar-refractivity contribution >= 4 is 33.5 Å². The Morgan fingerprint density at radius 1 is 1.14 bits per heavy atom. The summed E-state index contributed by atoms with van der Waals surface area (Å²) in [7, 11) is 0. The summed E-state index contributed by atoms with van der Waals surface area (Å²) >= 11 is 1.75. The number of nitrogens with zero attached hydrogens (tertiary/aromatic N) is 3. The molecule has 28 heavy (non-hydrogen) atoms. The van der Waals surface area contributed by atoms with E-state index in [1.54, 1.807) is 11.3 Å². The summed E-state index contributed by atoms with van der Waals surface area (Å²) < 4.78 is 5.44. The molecule has 1 saturated heterocycles. The van der Waals surface area contributed by atoms with Crippen LogP contribution in [0.4, 0.5) is 5.69 Å². The molecule has 0 amide bonds. The number of morpholine rings is 1. The third-order valence-electron chi connectivity index (χ3n) is 4.93. The maximum atomic E-state index is 5.44. The van der Waals surface area contributed by atoms with E-state index in [-0.39, 0.29) is 5.92 Å². The fourth-order valence-corrected chi connectivity index (χ4v) is 4.37. The van der Waals surface area contributed by atoms with Crippen LogP contribution in [0.15, 0.2) is 59.7 Å². The van der Waals surface area contributed by atoms with Gasteiger partial charge in [0.05, 0.1) is 18.9 Å². The van der Waals surface area contributed by atoms with Crippen molar-refractivity contribution in [1.29, 1.82) is 0 Å². The van der Waals surface area contributed by atoms with Crippen molar-refractivity contribution < 1.29 is 4.74 Å². The second kappa shape index (κ2) is 8.67. The van der Waals surface area contributed by atoms with Gasteiger partial charge in [0.25, 0.3) is 0 Å². The number of aromatic nitrogens is 1. The first-order chi connectivity index (χ1) is 13.7. The SMILES string of the molecule is C/C=C\N=C[C@@H](C)c1cc2ccc(-c3ccc(N4CCOCC4)cc3)nc2s1. The largest absolute Gasteiger partial charge is 0.378 e. The fraction of sp³-hybridized carbons (Fsp3) is 0.304. The van der Waals surface area contributed by atoms with Gasteiger partial charge < -0.3 is 9.64 Å². The monoisotopic (exact) mass is 391 g/mol. The van der Waals surface area contributed by atoms with Gasteiger partial charge >= 0.3 is 0 Å². The Kier molecular flexibility index (Phi) is 5.84. The summed E-state index contributed by atoms with van der Waals surface area (Å²) in [6, 6.07) is 15.2. The molecule has 1 atom stereocenters. The normalized spacial score (nSPS) is 16.4. The number of benzene rings is 1. The first-order valence-corrected chi connectivity index (χ1v) is 10.5. The average Bonchev–Trinajstić information content (AvgIpc) is 3.18. The van der Waals surface area contributed by atoms with Crippen molar-refractivity contribution in [2.45, 2.75) is 19.8 Å². The second-order valence-electron chi connectivity index (χ2n) is 6.96. The summed E-state index contributed by atoms with van der Waals surface area (Å²) in [5.41, 5.74) is 3.42. The molecule has 0 bridgehead atoms. The van der Waals surface area contributed by atoms with Crippen LogP contribution >= 0.6 is 11.3 Å². The molecule has 1 aliphatic heterocycles. The summed E-state index contributed by atoms with van der Waals surface area (Å²) in [6.45, 7) is 7.66. The molecule has 4 nitrogen and oxygen atoms in total. The number of fused-ring (bicyclic) bond motifs is 1. The molecular formula is C23H25N3OS. The standard InChI is InChI=1S/C23H25N3OS/c1-3-10-24-16-17(2)22-15-19-6-9-21(25-23(19)28-22)18-4-7-20(8-5-18)26-11-13-27-14-12-26/h3-10,15-17H,11-14H2,1-2H3/b10-3-,24-16?/t17-/m1/s1. The van der Waals surface area contributed by atoms with Crippen LogP contribution in [-0.2, 0) is 4.74 Å². The first kappa shape index (κ1) is 18.8. The van der Waals surface area contributed by atoms with Gasteiger partial charge in [0, 0.05) is 52.9 Å². The van der Waals surface area contributed by atoms with E-state index in [9.17, 15) is 0 Å². The predicted molar refractivity (Wildman–Crippen MR) is 120 cm³/mol. The Morgan fingerprint density at radius 2 is 1.93 bits per heavy atom. The van der Waals surface area contributed by atoms with Crippen molar-refractivity contribution in [2.75, 3.05) is 31.2 Å². The van der Waals surface area contributed by atoms with E-state index < -0.39 is 0 Å². The zero-order chi connectivity index (χ0) is 19.3. The lowest BCUT2D eigenvalue weighted by Gasteiger charge is -2.28. The van der Waals surface area contributed by atoms with Gasteiger partial charge in [-0.1, -0.05) is 25.1 Å². The predicted octanol–water partition coefficient (Wildman–Crippen LogP) is 5.51. The molecule has 1 aliphatic rings. The van der Waals surface area contributed by atoms with E-state index in [1.165, 1.54) is 16.0 Å². The number of ether oxygens (including phenoxy) is 1. The lowest BCUT2D eigenvalue weighted by molar-refractivity contribution is 0.122. The lowest BCUT2D eigenvalue weighted by Crippen LogP contribution is -2.36. The number of pyridine rings is 1. The van der Waals surface area contributed by atoms with Crippen LogP contribution in [0.5, 0.6) is 0 Å². The summed E-state index contributed by atoms with van der Waals surface area (Å²) in [5, 5.41) is 1.19. The molecule has 0 saturated carbocycles. The maximum absolute atomic E-state index is 5.44. The van der Waals surface area contributed by atoms with Crippen LogP contribution in [0.3, 0.4) is 0 Å². The molecule has 0 unspecified atom stereocenters. The molecule has 2 aromatic heterocycles. The third kappa shape index (κ3) is 4.16.